The summed E-state index contributed by atoms with van der Waals surface area (Å²) in [7, 11) is 0. The number of nitrogens with two attached hydrogens (primary N) is 1. The Kier molecular flexibility index (Phi) is 5.79. The van der Waals surface area contributed by atoms with Crippen molar-refractivity contribution in [1.29, 1.82) is 0 Å². The largest absolute Gasteiger partial charge is 0.392 e. The average molecular weight is 439 g/mol. The van der Waals surface area contributed by atoms with Gasteiger partial charge in [0, 0.05) is 24.4 Å². The summed E-state index contributed by atoms with van der Waals surface area (Å²) in [6.45, 7) is 0.629. The minimum Gasteiger partial charge on any atom is -0.392 e. The first kappa shape index (κ1) is 20.7. The lowest BCUT2D eigenvalue weighted by atomic mass is 10.0. The van der Waals surface area contributed by atoms with Crippen LogP contribution in [0.15, 0.2) is 47.5 Å². The highest BCUT2D eigenvalue weighted by Gasteiger charge is 2.11. The number of hydrogen-bond donors (Lipinski definition) is 2. The van der Waals surface area contributed by atoms with Crippen molar-refractivity contribution >= 4 is 34.7 Å². The van der Waals surface area contributed by atoms with E-state index in [1.807, 2.05) is 6.07 Å². The zero-order valence-electron chi connectivity index (χ0n) is 16.4. The number of fused-ring (bicyclic) bond motifs is 1. The van der Waals surface area contributed by atoms with E-state index in [2.05, 4.69) is 15.1 Å². The van der Waals surface area contributed by atoms with E-state index in [0.717, 1.165) is 17.4 Å². The van der Waals surface area contributed by atoms with E-state index in [9.17, 15) is 14.7 Å². The van der Waals surface area contributed by atoms with Crippen molar-refractivity contribution < 1.29 is 9.90 Å². The van der Waals surface area contributed by atoms with Crippen LogP contribution in [0.1, 0.15) is 27.0 Å². The minimum atomic E-state index is -0.152. The van der Waals surface area contributed by atoms with Crippen LogP contribution in [0.25, 0.3) is 11.0 Å². The normalized spacial score (nSPS) is 11.2. The molecule has 0 saturated heterocycles. The Balaban J connectivity index is 1.61. The number of aliphatic hydroxyl groups excluding tert-OH is 1. The van der Waals surface area contributed by atoms with E-state index >= 15 is 0 Å². The van der Waals surface area contributed by atoms with Gasteiger partial charge in [-0.3, -0.25) is 9.59 Å². The van der Waals surface area contributed by atoms with E-state index in [0.29, 0.717) is 41.7 Å². The molecule has 0 saturated carbocycles. The van der Waals surface area contributed by atoms with Crippen molar-refractivity contribution in [3.8, 4) is 0 Å². The number of aliphatic hydroxyl groups is 1. The molecular weight excluding hydrogens is 420 g/mol. The molecule has 10 heteroatoms. The van der Waals surface area contributed by atoms with Crippen LogP contribution in [0, 0.1) is 0 Å². The van der Waals surface area contributed by atoms with Crippen molar-refractivity contribution in [1.82, 2.24) is 24.3 Å². The second kappa shape index (κ2) is 8.66. The molecule has 0 spiro atoms. The number of carbonyl (C=O) groups excluding carboxylic acids is 1. The number of aryl methyl sites for hydroxylation is 2. The van der Waals surface area contributed by atoms with E-state index in [4.69, 9.17) is 17.3 Å². The van der Waals surface area contributed by atoms with E-state index in [1.165, 1.54) is 6.07 Å². The van der Waals surface area contributed by atoms with Gasteiger partial charge in [0.2, 0.25) is 5.28 Å². The second-order valence-corrected chi connectivity index (χ2v) is 7.43. The van der Waals surface area contributed by atoms with Gasteiger partial charge in [-0.2, -0.15) is 10.1 Å². The van der Waals surface area contributed by atoms with Gasteiger partial charge in [0.05, 0.1) is 24.7 Å². The zero-order chi connectivity index (χ0) is 22.0. The van der Waals surface area contributed by atoms with Crippen LogP contribution >= 0.6 is 11.6 Å². The molecule has 0 atom stereocenters. The Bertz CT molecular complexity index is 1330. The maximum atomic E-state index is 12.1. The molecule has 0 aliphatic carbocycles. The Morgan fingerprint density at radius 2 is 1.94 bits per heavy atom. The molecular formula is C21H19ClN6O3. The molecule has 0 aliphatic heterocycles. The smallest absolute Gasteiger partial charge is 0.250 e. The highest BCUT2D eigenvalue weighted by atomic mass is 35.5. The fourth-order valence-electron chi connectivity index (χ4n) is 3.43. The third-order valence-electron chi connectivity index (χ3n) is 4.91. The number of rotatable bonds is 7. The maximum absolute atomic E-state index is 12.1. The third kappa shape index (κ3) is 4.47. The summed E-state index contributed by atoms with van der Waals surface area (Å²) >= 11 is 5.93. The third-order valence-corrected chi connectivity index (χ3v) is 5.08. The summed E-state index contributed by atoms with van der Waals surface area (Å²) in [6.07, 6.45) is 4.52. The van der Waals surface area contributed by atoms with Crippen LogP contribution in [0.5, 0.6) is 0 Å². The van der Waals surface area contributed by atoms with E-state index in [-0.39, 0.29) is 23.3 Å². The number of aromatic nitrogens is 5. The molecule has 9 nitrogen and oxygen atoms in total. The number of aldehydes is 1. The van der Waals surface area contributed by atoms with Gasteiger partial charge in [-0.15, -0.1) is 0 Å². The second-order valence-electron chi connectivity index (χ2n) is 7.10. The number of hydrogen-bond acceptors (Lipinski definition) is 7. The molecule has 0 fully saturated rings. The average Bonchev–Trinajstić information content (AvgIpc) is 3.15. The lowest BCUT2D eigenvalue weighted by molar-refractivity contribution is 0.112. The molecule has 0 radical (unpaired) electrons. The molecule has 0 aliphatic rings. The summed E-state index contributed by atoms with van der Waals surface area (Å²) < 4.78 is 3.18. The Hall–Kier alpha value is -3.56. The summed E-state index contributed by atoms with van der Waals surface area (Å²) in [4.78, 5) is 31.7. The van der Waals surface area contributed by atoms with Gasteiger partial charge in [0.15, 0.2) is 5.65 Å². The highest BCUT2D eigenvalue weighted by Crippen LogP contribution is 2.21. The van der Waals surface area contributed by atoms with Gasteiger partial charge in [0.1, 0.15) is 12.1 Å². The standard InChI is InChI=1S/C21H19ClN6O3/c22-21-25-19(23)17-8-24-28(20(17)26-21)10-15-5-13(6-16(7-15)12-30)3-4-27-9-14(11-29)1-2-18(27)31/h1-2,5-9,12,29H,3-4,10-11H2,(H2,23,25,26). The van der Waals surface area contributed by atoms with Crippen molar-refractivity contribution in [2.24, 2.45) is 0 Å². The Labute approximate surface area is 181 Å². The number of anilines is 1. The quantitative estimate of drug-likeness (QED) is 0.332. The van der Waals surface area contributed by atoms with Crippen LogP contribution in [0.3, 0.4) is 0 Å². The number of benzene rings is 1. The molecule has 158 valence electrons. The molecule has 0 unspecified atom stereocenters. The van der Waals surface area contributed by atoms with Crippen LogP contribution in [0.4, 0.5) is 5.82 Å². The molecule has 4 aromatic rings. The van der Waals surface area contributed by atoms with Gasteiger partial charge < -0.3 is 15.4 Å². The van der Waals surface area contributed by atoms with Gasteiger partial charge in [-0.25, -0.2) is 9.67 Å². The molecule has 0 bridgehead atoms. The van der Waals surface area contributed by atoms with Gasteiger partial charge in [-0.05, 0) is 52.9 Å². The lowest BCUT2D eigenvalue weighted by Gasteiger charge is -2.10. The molecule has 3 aromatic heterocycles. The van der Waals surface area contributed by atoms with Crippen LogP contribution in [0.2, 0.25) is 5.28 Å². The molecule has 0 amide bonds. The van der Waals surface area contributed by atoms with E-state index < -0.39 is 0 Å². The Morgan fingerprint density at radius 1 is 1.13 bits per heavy atom. The number of nitrogen functional groups attached to an aromatic ring is 1. The zero-order valence-corrected chi connectivity index (χ0v) is 17.2. The first-order valence-corrected chi connectivity index (χ1v) is 9.87. The monoisotopic (exact) mass is 438 g/mol. The van der Waals surface area contributed by atoms with Crippen molar-refractivity contribution in [2.75, 3.05) is 5.73 Å². The van der Waals surface area contributed by atoms with Crippen LogP contribution < -0.4 is 11.3 Å². The van der Waals surface area contributed by atoms with Gasteiger partial charge in [0.25, 0.3) is 5.56 Å². The number of carbonyl (C=O) groups is 1. The minimum absolute atomic E-state index is 0.0321. The predicted octanol–water partition coefficient (Wildman–Crippen LogP) is 1.82. The first-order chi connectivity index (χ1) is 15.0. The first-order valence-electron chi connectivity index (χ1n) is 9.49. The highest BCUT2D eigenvalue weighted by molar-refractivity contribution is 6.28. The lowest BCUT2D eigenvalue weighted by Crippen LogP contribution is -2.20. The molecule has 3 N–H and O–H groups in total. The summed E-state index contributed by atoms with van der Waals surface area (Å²) in [5, 5.41) is 14.2. The number of halogens is 1. The van der Waals surface area contributed by atoms with Gasteiger partial charge in [-0.1, -0.05) is 6.07 Å². The summed E-state index contributed by atoms with van der Waals surface area (Å²) in [6, 6.07) is 8.54. The van der Waals surface area contributed by atoms with Crippen LogP contribution in [-0.4, -0.2) is 35.7 Å². The predicted molar refractivity (Wildman–Crippen MR) is 116 cm³/mol. The fourth-order valence-corrected chi connectivity index (χ4v) is 3.60. The number of nitrogens with zero attached hydrogens (tertiary/aromatic N) is 5. The number of pyridine rings is 1. The van der Waals surface area contributed by atoms with Crippen molar-refractivity contribution in [3.05, 3.63) is 80.6 Å². The van der Waals surface area contributed by atoms with E-state index in [1.54, 1.807) is 39.8 Å². The van der Waals surface area contributed by atoms with Crippen molar-refractivity contribution in [2.45, 2.75) is 26.1 Å². The molecule has 31 heavy (non-hydrogen) atoms. The van der Waals surface area contributed by atoms with Crippen LogP contribution in [-0.2, 0) is 26.1 Å². The summed E-state index contributed by atoms with van der Waals surface area (Å²) in [5.74, 6) is 0.249. The molecule has 3 heterocycles. The summed E-state index contributed by atoms with van der Waals surface area (Å²) in [5.41, 5.74) is 9.15. The van der Waals surface area contributed by atoms with Crippen molar-refractivity contribution in [3.63, 3.8) is 0 Å². The SMILES string of the molecule is Nc1nc(Cl)nc2c1cnn2Cc1cc(C=O)cc(CCn2cc(CO)ccc2=O)c1. The van der Waals surface area contributed by atoms with Gasteiger partial charge >= 0.3 is 0 Å². The molecule has 4 rings (SSSR count). The maximum Gasteiger partial charge on any atom is 0.250 e. The topological polar surface area (TPSA) is 129 Å². The fraction of sp³-hybridized carbons (Fsp3) is 0.190. The molecule has 1 aromatic carbocycles. The Morgan fingerprint density at radius 3 is 2.71 bits per heavy atom.